The van der Waals surface area contributed by atoms with Crippen LogP contribution in [0.3, 0.4) is 0 Å². The molecule has 2 rings (SSSR count). The molecular weight excluding hydrogens is 411 g/mol. The number of ether oxygens (including phenoxy) is 2. The van der Waals surface area contributed by atoms with Crippen LogP contribution in [0.5, 0.6) is 0 Å². The van der Waals surface area contributed by atoms with Gasteiger partial charge in [0.25, 0.3) is 0 Å². The molecule has 8 heteroatoms. The number of carbonyl (C=O) groups excluding carboxylic acids is 1. The number of likely N-dealkylation sites (tertiary alicyclic amines) is 1. The van der Waals surface area contributed by atoms with Crippen molar-refractivity contribution in [2.45, 2.75) is 25.8 Å². The lowest BCUT2D eigenvalue weighted by atomic mass is 10.2. The molecule has 2 fully saturated rings. The van der Waals surface area contributed by atoms with Crippen LogP contribution in [0, 0.1) is 0 Å². The third kappa shape index (κ3) is 6.42. The molecule has 0 aromatic rings. The van der Waals surface area contributed by atoms with E-state index in [1.54, 1.807) is 0 Å². The molecule has 0 bridgehead atoms. The van der Waals surface area contributed by atoms with Crippen molar-refractivity contribution in [3.63, 3.8) is 0 Å². The van der Waals surface area contributed by atoms with E-state index in [0.29, 0.717) is 19.0 Å². The Bertz CT molecular complexity index is 389. The SMILES string of the molecule is CCNC(=NCCC(=O)OC)N1CCC(N2CCOCC2)C1.I. The Morgan fingerprint density at radius 2 is 2.09 bits per heavy atom. The van der Waals surface area contributed by atoms with Gasteiger partial charge in [-0.2, -0.15) is 0 Å². The third-order valence-corrected chi connectivity index (χ3v) is 4.17. The molecular formula is C15H29IN4O3. The Morgan fingerprint density at radius 3 is 2.74 bits per heavy atom. The quantitative estimate of drug-likeness (QED) is 0.292. The van der Waals surface area contributed by atoms with Crippen molar-refractivity contribution in [2.24, 2.45) is 4.99 Å². The number of methoxy groups -OCH3 is 1. The van der Waals surface area contributed by atoms with Crippen molar-refractivity contribution in [1.82, 2.24) is 15.1 Å². The van der Waals surface area contributed by atoms with Crippen LogP contribution in [0.1, 0.15) is 19.8 Å². The van der Waals surface area contributed by atoms with Crippen LogP contribution in [-0.2, 0) is 14.3 Å². The molecule has 1 unspecified atom stereocenters. The summed E-state index contributed by atoms with van der Waals surface area (Å²) in [6.45, 7) is 9.07. The van der Waals surface area contributed by atoms with E-state index in [-0.39, 0.29) is 29.9 Å². The van der Waals surface area contributed by atoms with Crippen LogP contribution in [0.25, 0.3) is 0 Å². The van der Waals surface area contributed by atoms with Gasteiger partial charge in [0.05, 0.1) is 33.3 Å². The normalized spacial score (nSPS) is 22.6. The number of aliphatic imine (C=N–C) groups is 1. The van der Waals surface area contributed by atoms with E-state index in [9.17, 15) is 4.79 Å². The summed E-state index contributed by atoms with van der Waals surface area (Å²) in [6.07, 6.45) is 1.48. The van der Waals surface area contributed by atoms with Crippen LogP contribution in [-0.4, -0.2) is 87.4 Å². The van der Waals surface area contributed by atoms with E-state index in [2.05, 4.69) is 31.8 Å². The van der Waals surface area contributed by atoms with E-state index in [1.807, 2.05) is 0 Å². The molecule has 23 heavy (non-hydrogen) atoms. The van der Waals surface area contributed by atoms with Crippen molar-refractivity contribution in [3.05, 3.63) is 0 Å². The summed E-state index contributed by atoms with van der Waals surface area (Å²) in [4.78, 5) is 20.5. The number of hydrogen-bond acceptors (Lipinski definition) is 5. The largest absolute Gasteiger partial charge is 0.469 e. The van der Waals surface area contributed by atoms with Gasteiger partial charge < -0.3 is 19.7 Å². The lowest BCUT2D eigenvalue weighted by molar-refractivity contribution is -0.140. The highest BCUT2D eigenvalue weighted by molar-refractivity contribution is 14.0. The first-order chi connectivity index (χ1) is 10.7. The molecule has 2 saturated heterocycles. The zero-order valence-electron chi connectivity index (χ0n) is 14.1. The standard InChI is InChI=1S/C15H28N4O3.HI/c1-3-16-15(17-6-4-14(20)21-2)19-7-5-13(12-19)18-8-10-22-11-9-18;/h13H,3-12H2,1-2H3,(H,16,17);1H. The Morgan fingerprint density at radius 1 is 1.35 bits per heavy atom. The fraction of sp³-hybridized carbons (Fsp3) is 0.867. The summed E-state index contributed by atoms with van der Waals surface area (Å²) < 4.78 is 10.1. The van der Waals surface area contributed by atoms with E-state index in [4.69, 9.17) is 4.74 Å². The summed E-state index contributed by atoms with van der Waals surface area (Å²) >= 11 is 0. The molecule has 7 nitrogen and oxygen atoms in total. The maximum Gasteiger partial charge on any atom is 0.307 e. The van der Waals surface area contributed by atoms with Gasteiger partial charge in [0.1, 0.15) is 0 Å². The molecule has 0 saturated carbocycles. The second-order valence-electron chi connectivity index (χ2n) is 5.60. The highest BCUT2D eigenvalue weighted by Gasteiger charge is 2.30. The van der Waals surface area contributed by atoms with Crippen molar-refractivity contribution in [3.8, 4) is 0 Å². The monoisotopic (exact) mass is 440 g/mol. The molecule has 0 aromatic heterocycles. The maximum atomic E-state index is 11.2. The maximum absolute atomic E-state index is 11.2. The van der Waals surface area contributed by atoms with E-state index < -0.39 is 0 Å². The number of carbonyl (C=O) groups is 1. The van der Waals surface area contributed by atoms with Crippen LogP contribution < -0.4 is 5.32 Å². The molecule has 134 valence electrons. The Labute approximate surface area is 155 Å². The molecule has 2 aliphatic heterocycles. The number of esters is 1. The van der Waals surface area contributed by atoms with Gasteiger partial charge in [-0.3, -0.25) is 14.7 Å². The van der Waals surface area contributed by atoms with Crippen LogP contribution in [0.4, 0.5) is 0 Å². The molecule has 0 amide bonds. The second-order valence-corrected chi connectivity index (χ2v) is 5.60. The number of nitrogens with zero attached hydrogens (tertiary/aromatic N) is 3. The van der Waals surface area contributed by atoms with Gasteiger partial charge in [0, 0.05) is 38.8 Å². The zero-order chi connectivity index (χ0) is 15.8. The topological polar surface area (TPSA) is 66.4 Å². The van der Waals surface area contributed by atoms with Crippen molar-refractivity contribution in [1.29, 1.82) is 0 Å². The predicted octanol–water partition coefficient (Wildman–Crippen LogP) is 0.540. The van der Waals surface area contributed by atoms with Gasteiger partial charge in [0.15, 0.2) is 5.96 Å². The fourth-order valence-corrected chi connectivity index (χ4v) is 2.96. The van der Waals surface area contributed by atoms with Gasteiger partial charge in [-0.05, 0) is 13.3 Å². The van der Waals surface area contributed by atoms with Gasteiger partial charge in [-0.25, -0.2) is 0 Å². The highest BCUT2D eigenvalue weighted by Crippen LogP contribution is 2.17. The minimum atomic E-state index is -0.216. The lowest BCUT2D eigenvalue weighted by Crippen LogP contribution is -2.46. The minimum absolute atomic E-state index is 0. The summed E-state index contributed by atoms with van der Waals surface area (Å²) in [5.41, 5.74) is 0. The van der Waals surface area contributed by atoms with Gasteiger partial charge >= 0.3 is 5.97 Å². The minimum Gasteiger partial charge on any atom is -0.469 e. The molecule has 0 radical (unpaired) electrons. The Kier molecular flexibility index (Phi) is 9.80. The zero-order valence-corrected chi connectivity index (χ0v) is 16.5. The summed E-state index contributed by atoms with van der Waals surface area (Å²) in [6, 6.07) is 0.577. The first-order valence-corrected chi connectivity index (χ1v) is 8.16. The summed E-state index contributed by atoms with van der Waals surface area (Å²) in [7, 11) is 1.41. The van der Waals surface area contributed by atoms with E-state index in [0.717, 1.165) is 58.3 Å². The van der Waals surface area contributed by atoms with Crippen molar-refractivity contribution in [2.75, 3.05) is 59.6 Å². The average Bonchev–Trinajstić information content (AvgIpc) is 3.04. The first-order valence-electron chi connectivity index (χ1n) is 8.16. The molecule has 2 heterocycles. The van der Waals surface area contributed by atoms with E-state index in [1.165, 1.54) is 7.11 Å². The molecule has 1 atom stereocenters. The average molecular weight is 440 g/mol. The third-order valence-electron chi connectivity index (χ3n) is 4.17. The summed E-state index contributed by atoms with van der Waals surface area (Å²) in [5, 5.41) is 3.32. The lowest BCUT2D eigenvalue weighted by Gasteiger charge is -2.32. The number of guanidine groups is 1. The molecule has 0 aliphatic carbocycles. The van der Waals surface area contributed by atoms with Crippen molar-refractivity contribution < 1.29 is 14.3 Å². The number of nitrogens with one attached hydrogen (secondary N) is 1. The Hall–Kier alpha value is -0.610. The van der Waals surface area contributed by atoms with Gasteiger partial charge in [0.2, 0.25) is 0 Å². The summed E-state index contributed by atoms with van der Waals surface area (Å²) in [5.74, 6) is 0.689. The number of rotatable bonds is 5. The molecule has 2 aliphatic rings. The van der Waals surface area contributed by atoms with E-state index >= 15 is 0 Å². The fourth-order valence-electron chi connectivity index (χ4n) is 2.96. The van der Waals surface area contributed by atoms with Gasteiger partial charge in [-0.15, -0.1) is 24.0 Å². The van der Waals surface area contributed by atoms with Gasteiger partial charge in [-0.1, -0.05) is 0 Å². The Balaban J connectivity index is 0.00000264. The predicted molar refractivity (Wildman–Crippen MR) is 100 cm³/mol. The molecule has 1 N–H and O–H groups in total. The first kappa shape index (κ1) is 20.4. The van der Waals surface area contributed by atoms with Crippen LogP contribution in [0.2, 0.25) is 0 Å². The number of halogens is 1. The van der Waals surface area contributed by atoms with Crippen molar-refractivity contribution >= 4 is 35.9 Å². The number of morpholine rings is 1. The number of hydrogen-bond donors (Lipinski definition) is 1. The van der Waals surface area contributed by atoms with Crippen LogP contribution >= 0.6 is 24.0 Å². The second kappa shape index (κ2) is 11.0. The highest BCUT2D eigenvalue weighted by atomic mass is 127. The van der Waals surface area contributed by atoms with Crippen LogP contribution in [0.15, 0.2) is 4.99 Å². The molecule has 0 aromatic carbocycles. The molecule has 0 spiro atoms. The smallest absolute Gasteiger partial charge is 0.307 e.